The van der Waals surface area contributed by atoms with Crippen molar-refractivity contribution in [3.63, 3.8) is 0 Å². The normalized spacial score (nSPS) is 13.6. The summed E-state index contributed by atoms with van der Waals surface area (Å²) in [6.45, 7) is 3.11. The van der Waals surface area contributed by atoms with E-state index in [2.05, 4.69) is 0 Å². The molecule has 1 aliphatic heterocycles. The van der Waals surface area contributed by atoms with Crippen molar-refractivity contribution in [2.75, 3.05) is 13.2 Å². The zero-order chi connectivity index (χ0) is 18.1. The average molecular weight is 380 g/mol. The first kappa shape index (κ1) is 17.5. The van der Waals surface area contributed by atoms with E-state index in [1.165, 1.54) is 29.5 Å². The van der Waals surface area contributed by atoms with Crippen molar-refractivity contribution in [1.82, 2.24) is 9.80 Å². The highest BCUT2D eigenvalue weighted by molar-refractivity contribution is 7.16. The number of halogens is 1. The second-order valence-corrected chi connectivity index (χ2v) is 7.29. The highest BCUT2D eigenvalue weighted by Gasteiger charge is 2.41. The molecule has 0 spiro atoms. The maximum Gasteiger partial charge on any atom is 0.282 e. The molecule has 2 heterocycles. The van der Waals surface area contributed by atoms with Crippen LogP contribution in [0.5, 0.6) is 0 Å². The number of nitro benzene ring substituents is 1. The van der Waals surface area contributed by atoms with E-state index in [0.29, 0.717) is 17.4 Å². The molecule has 0 unspecified atom stereocenters. The summed E-state index contributed by atoms with van der Waals surface area (Å²) in [5.74, 6) is -1.14. The van der Waals surface area contributed by atoms with E-state index in [4.69, 9.17) is 11.6 Å². The van der Waals surface area contributed by atoms with E-state index in [1.807, 2.05) is 17.9 Å². The third-order valence-electron chi connectivity index (χ3n) is 3.97. The lowest BCUT2D eigenvalue weighted by Gasteiger charge is -2.24. The van der Waals surface area contributed by atoms with Gasteiger partial charge in [-0.2, -0.15) is 0 Å². The van der Waals surface area contributed by atoms with Crippen molar-refractivity contribution in [1.29, 1.82) is 0 Å². The molecule has 0 fully saturated rings. The molecule has 2 amide bonds. The molecule has 0 atom stereocenters. The molecule has 0 saturated carbocycles. The molecule has 3 rings (SSSR count). The Balaban J connectivity index is 1.83. The number of amides is 2. The summed E-state index contributed by atoms with van der Waals surface area (Å²) in [5.41, 5.74) is -0.395. The summed E-state index contributed by atoms with van der Waals surface area (Å²) in [6, 6.07) is 7.77. The van der Waals surface area contributed by atoms with Gasteiger partial charge in [-0.15, -0.1) is 11.3 Å². The maximum absolute atomic E-state index is 12.6. The van der Waals surface area contributed by atoms with E-state index in [-0.39, 0.29) is 23.5 Å². The molecular weight excluding hydrogens is 366 g/mol. The Morgan fingerprint density at radius 3 is 2.60 bits per heavy atom. The number of carbonyl (C=O) groups is 2. The van der Waals surface area contributed by atoms with Gasteiger partial charge >= 0.3 is 0 Å². The quantitative estimate of drug-likeness (QED) is 0.436. The molecule has 7 nitrogen and oxygen atoms in total. The van der Waals surface area contributed by atoms with Crippen LogP contribution in [0.1, 0.15) is 32.5 Å². The third-order valence-corrected chi connectivity index (χ3v) is 5.19. The van der Waals surface area contributed by atoms with Gasteiger partial charge in [-0.1, -0.05) is 24.6 Å². The fourth-order valence-corrected chi connectivity index (χ4v) is 3.85. The number of hydrogen-bond acceptors (Lipinski definition) is 6. The fraction of sp³-hybridized carbons (Fsp3) is 0.250. The van der Waals surface area contributed by atoms with Crippen molar-refractivity contribution < 1.29 is 14.5 Å². The lowest BCUT2D eigenvalue weighted by atomic mass is 10.1. The number of carbonyl (C=O) groups excluding carboxylic acids is 2. The van der Waals surface area contributed by atoms with E-state index in [1.54, 1.807) is 6.07 Å². The predicted octanol–water partition coefficient (Wildman–Crippen LogP) is 3.39. The Kier molecular flexibility index (Phi) is 4.85. The van der Waals surface area contributed by atoms with E-state index in [0.717, 1.165) is 9.78 Å². The maximum atomic E-state index is 12.6. The number of imide groups is 1. The second kappa shape index (κ2) is 6.91. The van der Waals surface area contributed by atoms with Gasteiger partial charge in [0.1, 0.15) is 5.56 Å². The first-order valence-corrected chi connectivity index (χ1v) is 8.72. The van der Waals surface area contributed by atoms with Crippen molar-refractivity contribution in [3.05, 3.63) is 60.8 Å². The average Bonchev–Trinajstić information content (AvgIpc) is 3.10. The minimum atomic E-state index is -0.640. The summed E-state index contributed by atoms with van der Waals surface area (Å²) >= 11 is 7.36. The van der Waals surface area contributed by atoms with Gasteiger partial charge in [0.25, 0.3) is 17.5 Å². The van der Waals surface area contributed by atoms with Crippen LogP contribution in [0.4, 0.5) is 5.69 Å². The minimum Gasteiger partial charge on any atom is -0.281 e. The Morgan fingerprint density at radius 2 is 2.00 bits per heavy atom. The summed E-state index contributed by atoms with van der Waals surface area (Å²) in [5, 5.41) is 11.1. The van der Waals surface area contributed by atoms with E-state index < -0.39 is 16.7 Å². The molecule has 0 aliphatic carbocycles. The zero-order valence-corrected chi connectivity index (χ0v) is 14.8. The monoisotopic (exact) mass is 379 g/mol. The highest BCUT2D eigenvalue weighted by Crippen LogP contribution is 2.31. The number of nitrogens with zero attached hydrogens (tertiary/aromatic N) is 3. The standard InChI is InChI=1S/C16H14ClN3O4S/c1-2-18(8-10-6-7-13(17)25-10)9-19-15(21)11-4-3-5-12(20(23)24)14(11)16(19)22/h3-7H,2,8-9H2,1H3. The highest BCUT2D eigenvalue weighted by atomic mass is 35.5. The molecule has 0 saturated heterocycles. The van der Waals surface area contributed by atoms with Gasteiger partial charge in [0, 0.05) is 17.5 Å². The predicted molar refractivity (Wildman–Crippen MR) is 93.9 cm³/mol. The lowest BCUT2D eigenvalue weighted by Crippen LogP contribution is -2.40. The van der Waals surface area contributed by atoms with Crippen LogP contribution in [-0.4, -0.2) is 39.8 Å². The van der Waals surface area contributed by atoms with Gasteiger partial charge in [-0.05, 0) is 24.7 Å². The minimum absolute atomic E-state index is 0.0650. The number of rotatable bonds is 6. The Morgan fingerprint density at radius 1 is 1.24 bits per heavy atom. The fourth-order valence-electron chi connectivity index (χ4n) is 2.72. The molecule has 130 valence electrons. The summed E-state index contributed by atoms with van der Waals surface area (Å²) in [7, 11) is 0. The largest absolute Gasteiger partial charge is 0.282 e. The molecule has 0 bridgehead atoms. The smallest absolute Gasteiger partial charge is 0.281 e. The van der Waals surface area contributed by atoms with Crippen LogP contribution < -0.4 is 0 Å². The van der Waals surface area contributed by atoms with Crippen molar-refractivity contribution in [3.8, 4) is 0 Å². The number of nitro groups is 1. The third kappa shape index (κ3) is 3.28. The molecule has 9 heteroatoms. The van der Waals surface area contributed by atoms with Crippen LogP contribution in [-0.2, 0) is 6.54 Å². The van der Waals surface area contributed by atoms with E-state index >= 15 is 0 Å². The molecule has 25 heavy (non-hydrogen) atoms. The van der Waals surface area contributed by atoms with Gasteiger partial charge in [-0.25, -0.2) is 0 Å². The molecule has 1 aliphatic rings. The van der Waals surface area contributed by atoms with E-state index in [9.17, 15) is 19.7 Å². The van der Waals surface area contributed by atoms with Crippen molar-refractivity contribution >= 4 is 40.4 Å². The number of fused-ring (bicyclic) bond motifs is 1. The number of thiophene rings is 1. The number of hydrogen-bond donors (Lipinski definition) is 0. The van der Waals surface area contributed by atoms with Crippen molar-refractivity contribution in [2.45, 2.75) is 13.5 Å². The van der Waals surface area contributed by atoms with Gasteiger partial charge in [0.15, 0.2) is 0 Å². The van der Waals surface area contributed by atoms with Crippen LogP contribution >= 0.6 is 22.9 Å². The molecule has 0 N–H and O–H groups in total. The Hall–Kier alpha value is -2.29. The molecule has 0 radical (unpaired) electrons. The Labute approximate surface area is 152 Å². The molecule has 1 aromatic heterocycles. The molecular formula is C16H14ClN3O4S. The van der Waals surface area contributed by atoms with Gasteiger partial charge < -0.3 is 0 Å². The van der Waals surface area contributed by atoms with Gasteiger partial charge in [0.05, 0.1) is 21.5 Å². The van der Waals surface area contributed by atoms with Crippen LogP contribution in [0.15, 0.2) is 30.3 Å². The van der Waals surface area contributed by atoms with Gasteiger partial charge in [0.2, 0.25) is 0 Å². The number of benzene rings is 1. The molecule has 2 aromatic rings. The second-order valence-electron chi connectivity index (χ2n) is 5.49. The lowest BCUT2D eigenvalue weighted by molar-refractivity contribution is -0.385. The molecule has 1 aromatic carbocycles. The topological polar surface area (TPSA) is 83.8 Å². The van der Waals surface area contributed by atoms with Crippen LogP contribution in [0.3, 0.4) is 0 Å². The van der Waals surface area contributed by atoms with Gasteiger partial charge in [-0.3, -0.25) is 29.5 Å². The SMILES string of the molecule is CCN(Cc1ccc(Cl)s1)CN1C(=O)c2cccc([N+](=O)[O-])c2C1=O. The van der Waals surface area contributed by atoms with Crippen LogP contribution in [0, 0.1) is 10.1 Å². The summed E-state index contributed by atoms with van der Waals surface area (Å²) < 4.78 is 0.669. The Bertz CT molecular complexity index is 867. The van der Waals surface area contributed by atoms with Crippen molar-refractivity contribution in [2.24, 2.45) is 0 Å². The first-order valence-electron chi connectivity index (χ1n) is 7.52. The summed E-state index contributed by atoms with van der Waals surface area (Å²) in [6.07, 6.45) is 0. The van der Waals surface area contributed by atoms with Crippen LogP contribution in [0.25, 0.3) is 0 Å². The zero-order valence-electron chi connectivity index (χ0n) is 13.3. The summed E-state index contributed by atoms with van der Waals surface area (Å²) in [4.78, 5) is 39.6. The van der Waals surface area contributed by atoms with Crippen LogP contribution in [0.2, 0.25) is 4.34 Å². The first-order chi connectivity index (χ1) is 11.9.